The zero-order valence-corrected chi connectivity index (χ0v) is 19.6. The lowest BCUT2D eigenvalue weighted by molar-refractivity contribution is 0.0913. The minimum Gasteiger partial charge on any atom is -0.347 e. The quantitative estimate of drug-likeness (QED) is 0.412. The van der Waals surface area contributed by atoms with Crippen molar-refractivity contribution in [3.8, 4) is 22.5 Å². The Labute approximate surface area is 199 Å². The third-order valence-electron chi connectivity index (χ3n) is 5.73. The smallest absolute Gasteiger partial charge is 0.287 e. The molecular weight excluding hydrogens is 453 g/mol. The summed E-state index contributed by atoms with van der Waals surface area (Å²) in [5.41, 5.74) is 3.13. The first-order valence-electron chi connectivity index (χ1n) is 10.6. The van der Waals surface area contributed by atoms with Gasteiger partial charge in [0.05, 0.1) is 16.4 Å². The van der Waals surface area contributed by atoms with Crippen molar-refractivity contribution in [2.75, 3.05) is 0 Å². The number of carbonyl (C=O) groups excluding carboxylic acids is 1. The van der Waals surface area contributed by atoms with Gasteiger partial charge in [0.2, 0.25) is 0 Å². The van der Waals surface area contributed by atoms with E-state index in [0.717, 1.165) is 42.5 Å². The van der Waals surface area contributed by atoms with Gasteiger partial charge in [0, 0.05) is 35.2 Å². The van der Waals surface area contributed by atoms with Gasteiger partial charge >= 0.3 is 0 Å². The first kappa shape index (κ1) is 22.2. The number of hydrogen-bond acceptors (Lipinski definition) is 2. The van der Waals surface area contributed by atoms with E-state index in [4.69, 9.17) is 39.8 Å². The number of aromatic nitrogens is 2. The summed E-state index contributed by atoms with van der Waals surface area (Å²) in [6.45, 7) is 2.59. The van der Waals surface area contributed by atoms with E-state index in [1.807, 2.05) is 41.8 Å². The molecule has 164 valence electrons. The number of amides is 1. The number of halogens is 3. The maximum absolute atomic E-state index is 13.2. The van der Waals surface area contributed by atoms with Gasteiger partial charge in [0.25, 0.3) is 5.91 Å². The molecule has 31 heavy (non-hydrogen) atoms. The average Bonchev–Trinajstić information content (AvgIpc) is 3.14. The Morgan fingerprint density at radius 1 is 1.06 bits per heavy atom. The standard InChI is InChI=1S/C24H24Cl3N3O.H2/c1-2-30-22(15-8-10-16(25)11-9-15)21(19-13-12-17(26)14-20(19)27)29-23(30)24(31)28-18-6-4-3-5-7-18;/h8-14,18H,2-7H2,1H3,(H,28,31);1H. The van der Waals surface area contributed by atoms with Gasteiger partial charge in [-0.1, -0.05) is 66.2 Å². The fourth-order valence-electron chi connectivity index (χ4n) is 4.20. The Morgan fingerprint density at radius 3 is 2.39 bits per heavy atom. The number of nitrogens with zero attached hydrogens (tertiary/aromatic N) is 2. The molecule has 0 bridgehead atoms. The molecule has 1 N–H and O–H groups in total. The molecule has 1 aliphatic carbocycles. The summed E-state index contributed by atoms with van der Waals surface area (Å²) in [5.74, 6) is 0.235. The Kier molecular flexibility index (Phi) is 6.90. The lowest BCUT2D eigenvalue weighted by Crippen LogP contribution is -2.37. The van der Waals surface area contributed by atoms with Crippen LogP contribution in [0.5, 0.6) is 0 Å². The first-order chi connectivity index (χ1) is 15.0. The number of imidazole rings is 1. The number of rotatable bonds is 5. The van der Waals surface area contributed by atoms with Crippen molar-refractivity contribution in [2.24, 2.45) is 0 Å². The van der Waals surface area contributed by atoms with Crippen LogP contribution in [-0.2, 0) is 6.54 Å². The molecule has 1 heterocycles. The summed E-state index contributed by atoms with van der Waals surface area (Å²) in [7, 11) is 0. The lowest BCUT2D eigenvalue weighted by Gasteiger charge is -2.22. The molecule has 0 unspecified atom stereocenters. The van der Waals surface area contributed by atoms with E-state index < -0.39 is 0 Å². The van der Waals surface area contributed by atoms with E-state index in [9.17, 15) is 4.79 Å². The average molecular weight is 479 g/mol. The largest absolute Gasteiger partial charge is 0.347 e. The predicted molar refractivity (Wildman–Crippen MR) is 130 cm³/mol. The third kappa shape index (κ3) is 4.77. The number of nitrogens with one attached hydrogen (secondary N) is 1. The predicted octanol–water partition coefficient (Wildman–Crippen LogP) is 7.51. The van der Waals surface area contributed by atoms with Crippen molar-refractivity contribution < 1.29 is 6.22 Å². The molecule has 0 aliphatic heterocycles. The van der Waals surface area contributed by atoms with Crippen molar-refractivity contribution in [1.29, 1.82) is 0 Å². The maximum Gasteiger partial charge on any atom is 0.287 e. The third-order valence-corrected chi connectivity index (χ3v) is 6.53. The van der Waals surface area contributed by atoms with E-state index in [1.54, 1.807) is 12.1 Å². The van der Waals surface area contributed by atoms with Gasteiger partial charge < -0.3 is 9.88 Å². The second-order valence-corrected chi connectivity index (χ2v) is 9.10. The first-order valence-corrected chi connectivity index (χ1v) is 11.7. The van der Waals surface area contributed by atoms with Crippen LogP contribution in [-0.4, -0.2) is 21.5 Å². The topological polar surface area (TPSA) is 46.9 Å². The van der Waals surface area contributed by atoms with Crippen LogP contribution in [0.4, 0.5) is 0 Å². The second kappa shape index (κ2) is 9.64. The highest BCUT2D eigenvalue weighted by Crippen LogP contribution is 2.38. The summed E-state index contributed by atoms with van der Waals surface area (Å²) in [4.78, 5) is 18.0. The van der Waals surface area contributed by atoms with Crippen LogP contribution < -0.4 is 5.32 Å². The fraction of sp³-hybridized carbons (Fsp3) is 0.333. The molecule has 0 saturated heterocycles. The van der Waals surface area contributed by atoms with Crippen LogP contribution in [0.25, 0.3) is 22.5 Å². The number of hydrogen-bond donors (Lipinski definition) is 1. The summed E-state index contributed by atoms with van der Waals surface area (Å²) in [6.07, 6.45) is 5.55. The molecule has 4 nitrogen and oxygen atoms in total. The molecule has 1 amide bonds. The highest BCUT2D eigenvalue weighted by atomic mass is 35.5. The van der Waals surface area contributed by atoms with Gasteiger partial charge in [0.15, 0.2) is 5.82 Å². The molecular formula is C24H26Cl3N3O. The summed E-state index contributed by atoms with van der Waals surface area (Å²) < 4.78 is 1.95. The lowest BCUT2D eigenvalue weighted by atomic mass is 9.95. The Morgan fingerprint density at radius 2 is 1.74 bits per heavy atom. The van der Waals surface area contributed by atoms with E-state index >= 15 is 0 Å². The zero-order chi connectivity index (χ0) is 22.0. The molecule has 1 aliphatic rings. The molecule has 0 spiro atoms. The SMILES string of the molecule is CCn1c(C(=O)NC2CCCCC2)nc(-c2ccc(Cl)cc2Cl)c1-c1ccc(Cl)cc1.[HH]. The molecule has 1 aromatic heterocycles. The number of carbonyl (C=O) groups is 1. The van der Waals surface area contributed by atoms with Crippen molar-refractivity contribution in [3.63, 3.8) is 0 Å². The minimum atomic E-state index is -0.153. The van der Waals surface area contributed by atoms with E-state index in [0.29, 0.717) is 33.1 Å². The Balaban J connectivity index is 0.00000289. The van der Waals surface area contributed by atoms with Gasteiger partial charge in [-0.2, -0.15) is 0 Å². The fourth-order valence-corrected chi connectivity index (χ4v) is 4.82. The Hall–Kier alpha value is -2.01. The molecule has 1 saturated carbocycles. The second-order valence-electron chi connectivity index (χ2n) is 7.82. The van der Waals surface area contributed by atoms with Crippen molar-refractivity contribution in [2.45, 2.75) is 51.6 Å². The van der Waals surface area contributed by atoms with E-state index in [1.165, 1.54) is 6.42 Å². The van der Waals surface area contributed by atoms with Crippen molar-refractivity contribution >= 4 is 40.7 Å². The normalized spacial score (nSPS) is 14.6. The molecule has 2 aromatic carbocycles. The van der Waals surface area contributed by atoms with E-state index in [2.05, 4.69) is 5.32 Å². The van der Waals surface area contributed by atoms with Gasteiger partial charge in [-0.25, -0.2) is 4.98 Å². The van der Waals surface area contributed by atoms with Gasteiger partial charge in [-0.15, -0.1) is 0 Å². The molecule has 0 atom stereocenters. The van der Waals surface area contributed by atoms with Crippen LogP contribution in [0.1, 0.15) is 51.1 Å². The minimum absolute atomic E-state index is 0. The number of benzene rings is 2. The summed E-state index contributed by atoms with van der Waals surface area (Å²) in [6, 6.07) is 13.0. The van der Waals surface area contributed by atoms with Crippen LogP contribution >= 0.6 is 34.8 Å². The molecule has 7 heteroatoms. The molecule has 1 fully saturated rings. The zero-order valence-electron chi connectivity index (χ0n) is 17.3. The summed E-state index contributed by atoms with van der Waals surface area (Å²) in [5, 5.41) is 4.87. The van der Waals surface area contributed by atoms with Crippen LogP contribution in [0, 0.1) is 0 Å². The Bertz CT molecular complexity index is 1090. The van der Waals surface area contributed by atoms with Crippen LogP contribution in [0.2, 0.25) is 15.1 Å². The summed E-state index contributed by atoms with van der Waals surface area (Å²) >= 11 is 18.8. The maximum atomic E-state index is 13.2. The van der Waals surface area contributed by atoms with E-state index in [-0.39, 0.29) is 13.4 Å². The van der Waals surface area contributed by atoms with Gasteiger partial charge in [0.1, 0.15) is 0 Å². The van der Waals surface area contributed by atoms with Crippen molar-refractivity contribution in [3.05, 3.63) is 63.4 Å². The van der Waals surface area contributed by atoms with Crippen molar-refractivity contribution in [1.82, 2.24) is 14.9 Å². The molecule has 0 radical (unpaired) electrons. The highest BCUT2D eigenvalue weighted by Gasteiger charge is 2.26. The van der Waals surface area contributed by atoms with Crippen LogP contribution in [0.3, 0.4) is 0 Å². The van der Waals surface area contributed by atoms with Gasteiger partial charge in [-0.05, 0) is 50.1 Å². The molecule has 4 rings (SSSR count). The monoisotopic (exact) mass is 477 g/mol. The van der Waals surface area contributed by atoms with Gasteiger partial charge in [-0.3, -0.25) is 4.79 Å². The van der Waals surface area contributed by atoms with Crippen LogP contribution in [0.15, 0.2) is 42.5 Å². The highest BCUT2D eigenvalue weighted by molar-refractivity contribution is 6.36. The molecule has 3 aromatic rings.